The van der Waals surface area contributed by atoms with Crippen LogP contribution < -0.4 is 4.74 Å². The van der Waals surface area contributed by atoms with Gasteiger partial charge in [0, 0.05) is 30.3 Å². The predicted octanol–water partition coefficient (Wildman–Crippen LogP) is 1.81. The van der Waals surface area contributed by atoms with Gasteiger partial charge in [0.1, 0.15) is 6.10 Å². The van der Waals surface area contributed by atoms with Gasteiger partial charge in [0.2, 0.25) is 5.82 Å². The molecule has 2 aliphatic rings. The summed E-state index contributed by atoms with van der Waals surface area (Å²) in [7, 11) is 1.49. The summed E-state index contributed by atoms with van der Waals surface area (Å²) in [4.78, 5) is 26.8. The van der Waals surface area contributed by atoms with Crippen molar-refractivity contribution in [1.29, 1.82) is 0 Å². The first-order valence-corrected chi connectivity index (χ1v) is 11.3. The summed E-state index contributed by atoms with van der Waals surface area (Å²) in [5.74, 6) is -7.42. The molecule has 3 atom stereocenters. The molecule has 3 aromatic rings. The first-order valence-electron chi connectivity index (χ1n) is 11.3. The highest BCUT2D eigenvalue weighted by atomic mass is 19.2. The van der Waals surface area contributed by atoms with Crippen LogP contribution in [0, 0.1) is 11.6 Å². The average molecular weight is 513 g/mol. The number of aromatic nitrogens is 2. The summed E-state index contributed by atoms with van der Waals surface area (Å²) in [6, 6.07) is 11.7. The number of nitrogens with zero attached hydrogens (tertiary/aromatic N) is 3. The van der Waals surface area contributed by atoms with E-state index in [2.05, 4.69) is 10.2 Å². The molecular formula is C25H21F2N3O7. The summed E-state index contributed by atoms with van der Waals surface area (Å²) in [6.45, 7) is 0.0729. The van der Waals surface area contributed by atoms with Gasteiger partial charge in [-0.2, -0.15) is 14.6 Å². The number of carbonyl (C=O) groups is 2. The van der Waals surface area contributed by atoms with E-state index in [1.54, 1.807) is 24.3 Å². The highest BCUT2D eigenvalue weighted by Crippen LogP contribution is 2.44. The smallest absolute Gasteiger partial charge is 0.349 e. The standard InChI is InChI=1S/C25H21F2N3O7/c1-30-11-9-18(35-19-6-2-4-16(26)20(19)27)14-8-7-13(17-5-3-10-28-29-17)12-15(14)25(30)36-23(33)21(31)22(32)24(34)37-25/h2-8,10,12,18,21-22,31-32H,9,11H2,1H3. The van der Waals surface area contributed by atoms with Crippen molar-refractivity contribution in [1.82, 2.24) is 15.1 Å². The summed E-state index contributed by atoms with van der Waals surface area (Å²) < 4.78 is 45.3. The number of aliphatic hydroxyl groups excluding tert-OH is 2. The molecular weight excluding hydrogens is 492 g/mol. The molecule has 0 bridgehead atoms. The number of halogens is 2. The van der Waals surface area contributed by atoms with Crippen LogP contribution in [-0.2, 0) is 25.0 Å². The van der Waals surface area contributed by atoms with E-state index in [-0.39, 0.29) is 24.3 Å². The zero-order valence-corrected chi connectivity index (χ0v) is 19.4. The molecule has 1 spiro atoms. The fraction of sp³-hybridized carbons (Fsp3) is 0.280. The number of ether oxygens (including phenoxy) is 3. The number of hydrogen-bond acceptors (Lipinski definition) is 10. The fourth-order valence-electron chi connectivity index (χ4n) is 4.33. The van der Waals surface area contributed by atoms with Gasteiger partial charge in [0.05, 0.1) is 11.3 Å². The van der Waals surface area contributed by atoms with Crippen LogP contribution in [0.1, 0.15) is 23.7 Å². The van der Waals surface area contributed by atoms with Crippen molar-refractivity contribution >= 4 is 11.9 Å². The lowest BCUT2D eigenvalue weighted by molar-refractivity contribution is -0.288. The normalized spacial score (nSPS) is 26.0. The van der Waals surface area contributed by atoms with Gasteiger partial charge >= 0.3 is 17.8 Å². The number of benzene rings is 2. The van der Waals surface area contributed by atoms with E-state index in [4.69, 9.17) is 14.2 Å². The van der Waals surface area contributed by atoms with Crippen molar-refractivity contribution in [2.45, 2.75) is 30.6 Å². The first kappa shape index (κ1) is 24.7. The molecule has 0 amide bonds. The Kier molecular flexibility index (Phi) is 6.31. The lowest BCUT2D eigenvalue weighted by atomic mass is 9.95. The highest BCUT2D eigenvalue weighted by Gasteiger charge is 2.55. The van der Waals surface area contributed by atoms with Crippen molar-refractivity contribution in [3.63, 3.8) is 0 Å². The Morgan fingerprint density at radius 3 is 2.46 bits per heavy atom. The Labute approximate surface area is 209 Å². The Morgan fingerprint density at radius 2 is 1.78 bits per heavy atom. The van der Waals surface area contributed by atoms with Crippen LogP contribution in [0.4, 0.5) is 8.78 Å². The van der Waals surface area contributed by atoms with Gasteiger partial charge in [0.15, 0.2) is 23.8 Å². The van der Waals surface area contributed by atoms with Gasteiger partial charge in [-0.05, 0) is 37.4 Å². The minimum Gasteiger partial charge on any atom is -0.482 e. The van der Waals surface area contributed by atoms with E-state index in [0.29, 0.717) is 16.8 Å². The molecule has 0 radical (unpaired) electrons. The van der Waals surface area contributed by atoms with Gasteiger partial charge in [-0.15, -0.1) is 0 Å². The summed E-state index contributed by atoms with van der Waals surface area (Å²) in [5.41, 5.74) is 1.36. The molecule has 1 aromatic heterocycles. The third-order valence-electron chi connectivity index (χ3n) is 6.28. The maximum Gasteiger partial charge on any atom is 0.349 e. The van der Waals surface area contributed by atoms with Gasteiger partial charge < -0.3 is 24.4 Å². The Hall–Kier alpha value is -4.00. The SMILES string of the molecule is CN1CCC(Oc2cccc(F)c2F)c2ccc(-c3cccnn3)cc2C12OC(=O)C(O)C(O)C(=O)O2. The van der Waals surface area contributed by atoms with Crippen LogP contribution in [0.3, 0.4) is 0 Å². The second-order valence-corrected chi connectivity index (χ2v) is 8.59. The largest absolute Gasteiger partial charge is 0.482 e. The van der Waals surface area contributed by atoms with E-state index in [0.717, 1.165) is 6.07 Å². The van der Waals surface area contributed by atoms with Crippen molar-refractivity contribution in [2.75, 3.05) is 13.6 Å². The number of rotatable bonds is 3. The second kappa shape index (κ2) is 9.47. The van der Waals surface area contributed by atoms with Gasteiger partial charge in [-0.1, -0.05) is 18.2 Å². The third-order valence-corrected chi connectivity index (χ3v) is 6.28. The molecule has 12 heteroatoms. The molecule has 37 heavy (non-hydrogen) atoms. The minimum absolute atomic E-state index is 0.0729. The molecule has 0 aliphatic carbocycles. The predicted molar refractivity (Wildman–Crippen MR) is 120 cm³/mol. The van der Waals surface area contributed by atoms with Crippen molar-refractivity contribution in [3.05, 3.63) is 77.5 Å². The first-order chi connectivity index (χ1) is 17.7. The number of hydrogen-bond donors (Lipinski definition) is 2. The lowest BCUT2D eigenvalue weighted by Gasteiger charge is -2.38. The molecule has 3 unspecified atom stereocenters. The van der Waals surface area contributed by atoms with E-state index < -0.39 is 47.8 Å². The van der Waals surface area contributed by atoms with Crippen LogP contribution >= 0.6 is 0 Å². The maximum atomic E-state index is 14.5. The van der Waals surface area contributed by atoms with Crippen molar-refractivity contribution in [2.24, 2.45) is 0 Å². The number of carbonyl (C=O) groups excluding carboxylic acids is 2. The molecule has 0 saturated carbocycles. The van der Waals surface area contributed by atoms with E-state index in [1.807, 2.05) is 0 Å². The van der Waals surface area contributed by atoms with Crippen LogP contribution in [0.25, 0.3) is 11.3 Å². The zero-order chi connectivity index (χ0) is 26.3. The summed E-state index contributed by atoms with van der Waals surface area (Å²) >= 11 is 0. The zero-order valence-electron chi connectivity index (χ0n) is 19.4. The number of esters is 2. The van der Waals surface area contributed by atoms with E-state index >= 15 is 0 Å². The summed E-state index contributed by atoms with van der Waals surface area (Å²) in [5, 5.41) is 28.1. The quantitative estimate of drug-likeness (QED) is 0.500. The summed E-state index contributed by atoms with van der Waals surface area (Å²) in [6.07, 6.45) is -3.60. The molecule has 3 heterocycles. The topological polar surface area (TPSA) is 131 Å². The minimum atomic E-state index is -2.22. The average Bonchev–Trinajstić information content (AvgIpc) is 3.06. The van der Waals surface area contributed by atoms with Crippen LogP contribution in [0.2, 0.25) is 0 Å². The molecule has 2 N–H and O–H groups in total. The van der Waals surface area contributed by atoms with Crippen molar-refractivity contribution < 1.29 is 42.8 Å². The van der Waals surface area contributed by atoms with Gasteiger partial charge in [-0.25, -0.2) is 18.9 Å². The van der Waals surface area contributed by atoms with Crippen LogP contribution in [0.5, 0.6) is 5.75 Å². The van der Waals surface area contributed by atoms with E-state index in [1.165, 1.54) is 36.3 Å². The molecule has 10 nitrogen and oxygen atoms in total. The van der Waals surface area contributed by atoms with Gasteiger partial charge in [-0.3, -0.25) is 0 Å². The molecule has 2 aromatic carbocycles. The van der Waals surface area contributed by atoms with Crippen LogP contribution in [0.15, 0.2) is 54.7 Å². The maximum absolute atomic E-state index is 14.5. The molecule has 1 fully saturated rings. The monoisotopic (exact) mass is 513 g/mol. The number of fused-ring (bicyclic) bond motifs is 2. The van der Waals surface area contributed by atoms with Gasteiger partial charge in [0.25, 0.3) is 0 Å². The molecule has 1 saturated heterocycles. The lowest BCUT2D eigenvalue weighted by Crippen LogP contribution is -2.50. The van der Waals surface area contributed by atoms with Crippen LogP contribution in [-0.4, -0.2) is 63.0 Å². The van der Waals surface area contributed by atoms with Crippen molar-refractivity contribution in [3.8, 4) is 17.0 Å². The fourth-order valence-corrected chi connectivity index (χ4v) is 4.33. The molecule has 192 valence electrons. The molecule has 5 rings (SSSR count). The third kappa shape index (κ3) is 4.28. The Morgan fingerprint density at radius 1 is 1.05 bits per heavy atom. The molecule has 2 aliphatic heterocycles. The Bertz CT molecular complexity index is 1340. The van der Waals surface area contributed by atoms with E-state index in [9.17, 15) is 28.6 Å². The number of aliphatic hydroxyl groups is 2. The highest BCUT2D eigenvalue weighted by molar-refractivity contribution is 5.87. The Balaban J connectivity index is 1.70. The second-order valence-electron chi connectivity index (χ2n) is 8.59.